The van der Waals surface area contributed by atoms with E-state index in [1.165, 1.54) is 0 Å². The second-order valence-corrected chi connectivity index (χ2v) is 9.79. The molecule has 3 aromatic rings. The number of hydrogen-bond acceptors (Lipinski definition) is 4. The number of benzene rings is 1. The molecule has 5 rings (SSSR count). The van der Waals surface area contributed by atoms with E-state index in [0.717, 1.165) is 31.6 Å². The molecule has 2 aromatic heterocycles. The Labute approximate surface area is 204 Å². The van der Waals surface area contributed by atoms with Crippen molar-refractivity contribution in [2.75, 3.05) is 26.2 Å². The van der Waals surface area contributed by atoms with Crippen LogP contribution in [0.15, 0.2) is 53.1 Å². The van der Waals surface area contributed by atoms with Crippen LogP contribution < -0.4 is 0 Å². The van der Waals surface area contributed by atoms with Crippen LogP contribution in [-0.4, -0.2) is 57.6 Å². The third kappa shape index (κ3) is 4.62. The second kappa shape index (κ2) is 9.66. The zero-order valence-electron chi connectivity index (χ0n) is 19.3. The maximum absolute atomic E-state index is 13.3. The van der Waals surface area contributed by atoms with Crippen molar-refractivity contribution in [1.29, 1.82) is 0 Å². The Morgan fingerprint density at radius 3 is 2.29 bits per heavy atom. The first-order valence-corrected chi connectivity index (χ1v) is 12.4. The standard InChI is InChI=1S/C26H29ClN4O3/c1-18-8-12-29(13-9-18)25(32)19-10-14-30(15-11-19)26(33)22-17-23(24-3-2-16-34-24)31(28-22)21-6-4-20(27)5-7-21/h2-7,16-19H,8-15H2,1H3. The average Bonchev–Trinajstić information content (AvgIpc) is 3.55. The highest BCUT2D eigenvalue weighted by Crippen LogP contribution is 2.28. The Hall–Kier alpha value is -3.06. The van der Waals surface area contributed by atoms with Gasteiger partial charge >= 0.3 is 0 Å². The number of carbonyl (C=O) groups excluding carboxylic acids is 2. The van der Waals surface area contributed by atoms with Crippen LogP contribution in [0.4, 0.5) is 0 Å². The smallest absolute Gasteiger partial charge is 0.274 e. The van der Waals surface area contributed by atoms with Gasteiger partial charge in [-0.3, -0.25) is 9.59 Å². The van der Waals surface area contributed by atoms with E-state index in [1.807, 2.05) is 28.0 Å². The van der Waals surface area contributed by atoms with E-state index in [4.69, 9.17) is 16.0 Å². The number of likely N-dealkylation sites (tertiary alicyclic amines) is 2. The Balaban J connectivity index is 1.30. The molecule has 2 aliphatic heterocycles. The zero-order valence-corrected chi connectivity index (χ0v) is 20.1. The summed E-state index contributed by atoms with van der Waals surface area (Å²) in [5.74, 6) is 1.45. The molecular formula is C26H29ClN4O3. The minimum atomic E-state index is -0.127. The van der Waals surface area contributed by atoms with Crippen molar-refractivity contribution < 1.29 is 14.0 Å². The van der Waals surface area contributed by atoms with Crippen LogP contribution in [0.5, 0.6) is 0 Å². The van der Waals surface area contributed by atoms with Crippen molar-refractivity contribution >= 4 is 23.4 Å². The molecule has 0 bridgehead atoms. The molecule has 1 aromatic carbocycles. The van der Waals surface area contributed by atoms with Gasteiger partial charge in [-0.1, -0.05) is 18.5 Å². The fourth-order valence-electron chi connectivity index (χ4n) is 4.84. The molecule has 0 atom stereocenters. The van der Waals surface area contributed by atoms with Crippen LogP contribution in [0.25, 0.3) is 17.1 Å². The third-order valence-corrected chi connectivity index (χ3v) is 7.25. The van der Waals surface area contributed by atoms with E-state index in [1.54, 1.807) is 35.2 Å². The van der Waals surface area contributed by atoms with Gasteiger partial charge < -0.3 is 14.2 Å². The summed E-state index contributed by atoms with van der Waals surface area (Å²) < 4.78 is 7.30. The van der Waals surface area contributed by atoms with E-state index >= 15 is 0 Å². The maximum Gasteiger partial charge on any atom is 0.274 e. The van der Waals surface area contributed by atoms with Crippen molar-refractivity contribution in [2.24, 2.45) is 11.8 Å². The van der Waals surface area contributed by atoms with Crippen LogP contribution in [0, 0.1) is 11.8 Å². The largest absolute Gasteiger partial charge is 0.463 e. The number of aromatic nitrogens is 2. The van der Waals surface area contributed by atoms with Crippen LogP contribution in [0.1, 0.15) is 43.1 Å². The number of furan rings is 1. The monoisotopic (exact) mass is 480 g/mol. The SMILES string of the molecule is CC1CCN(C(=O)C2CCN(C(=O)c3cc(-c4ccco4)n(-c4ccc(Cl)cc4)n3)CC2)CC1. The van der Waals surface area contributed by atoms with Gasteiger partial charge in [0.05, 0.1) is 12.0 Å². The molecule has 0 spiro atoms. The molecule has 4 heterocycles. The summed E-state index contributed by atoms with van der Waals surface area (Å²) in [7, 11) is 0. The number of nitrogens with zero attached hydrogens (tertiary/aromatic N) is 4. The number of piperidine rings is 2. The van der Waals surface area contributed by atoms with Crippen molar-refractivity contribution in [3.05, 3.63) is 59.4 Å². The first-order chi connectivity index (χ1) is 16.5. The van der Waals surface area contributed by atoms with E-state index in [2.05, 4.69) is 12.0 Å². The minimum absolute atomic E-state index is 0.00256. The molecule has 2 saturated heterocycles. The summed E-state index contributed by atoms with van der Waals surface area (Å²) in [4.78, 5) is 30.1. The van der Waals surface area contributed by atoms with E-state index < -0.39 is 0 Å². The van der Waals surface area contributed by atoms with Gasteiger partial charge in [-0.15, -0.1) is 0 Å². The highest BCUT2D eigenvalue weighted by molar-refractivity contribution is 6.30. The summed E-state index contributed by atoms with van der Waals surface area (Å²) in [6, 6.07) is 12.7. The molecule has 0 saturated carbocycles. The fraction of sp³-hybridized carbons (Fsp3) is 0.423. The van der Waals surface area contributed by atoms with E-state index in [0.29, 0.717) is 54.0 Å². The van der Waals surface area contributed by atoms with Crippen molar-refractivity contribution in [1.82, 2.24) is 19.6 Å². The lowest BCUT2D eigenvalue weighted by Gasteiger charge is -2.36. The summed E-state index contributed by atoms with van der Waals surface area (Å²) in [6.07, 6.45) is 5.15. The Kier molecular flexibility index (Phi) is 6.46. The molecular weight excluding hydrogens is 452 g/mol. The molecule has 7 nitrogen and oxygen atoms in total. The van der Waals surface area contributed by atoms with Gasteiger partial charge in [0.2, 0.25) is 5.91 Å². The third-order valence-electron chi connectivity index (χ3n) is 7.00. The first-order valence-electron chi connectivity index (χ1n) is 12.0. The topological polar surface area (TPSA) is 71.6 Å². The molecule has 2 fully saturated rings. The van der Waals surface area contributed by atoms with Gasteiger partial charge in [0.1, 0.15) is 5.69 Å². The Bertz CT molecular complexity index is 1140. The summed E-state index contributed by atoms with van der Waals surface area (Å²) in [5, 5.41) is 5.25. The molecule has 2 amide bonds. The Morgan fingerprint density at radius 1 is 0.971 bits per heavy atom. The summed E-state index contributed by atoms with van der Waals surface area (Å²) in [5.41, 5.74) is 1.84. The van der Waals surface area contributed by atoms with Crippen LogP contribution in [0.2, 0.25) is 5.02 Å². The van der Waals surface area contributed by atoms with Gasteiger partial charge in [-0.05, 0) is 68.0 Å². The lowest BCUT2D eigenvalue weighted by atomic mass is 9.92. The Morgan fingerprint density at radius 2 is 1.65 bits per heavy atom. The lowest BCUT2D eigenvalue weighted by Crippen LogP contribution is -2.46. The molecule has 178 valence electrons. The number of halogens is 1. The van der Waals surface area contributed by atoms with Gasteiger partial charge in [0.15, 0.2) is 11.5 Å². The van der Waals surface area contributed by atoms with Crippen LogP contribution in [0.3, 0.4) is 0 Å². The summed E-state index contributed by atoms with van der Waals surface area (Å²) in [6.45, 7) is 5.08. The molecule has 2 aliphatic rings. The van der Waals surface area contributed by atoms with Gasteiger partial charge in [-0.2, -0.15) is 5.10 Å². The maximum atomic E-state index is 13.3. The fourth-order valence-corrected chi connectivity index (χ4v) is 4.97. The van der Waals surface area contributed by atoms with Gasteiger partial charge in [0, 0.05) is 43.2 Å². The van der Waals surface area contributed by atoms with Crippen molar-refractivity contribution in [2.45, 2.75) is 32.6 Å². The number of rotatable bonds is 4. The van der Waals surface area contributed by atoms with E-state index in [9.17, 15) is 9.59 Å². The molecule has 0 N–H and O–H groups in total. The summed E-state index contributed by atoms with van der Waals surface area (Å²) >= 11 is 6.05. The number of carbonyl (C=O) groups is 2. The normalized spacial score (nSPS) is 17.8. The second-order valence-electron chi connectivity index (χ2n) is 9.35. The number of hydrogen-bond donors (Lipinski definition) is 0. The van der Waals surface area contributed by atoms with Gasteiger partial charge in [0.25, 0.3) is 5.91 Å². The molecule has 0 aliphatic carbocycles. The molecule has 8 heteroatoms. The highest BCUT2D eigenvalue weighted by atomic mass is 35.5. The average molecular weight is 481 g/mol. The predicted molar refractivity (Wildman–Crippen MR) is 130 cm³/mol. The predicted octanol–water partition coefficient (Wildman–Crippen LogP) is 4.90. The molecule has 0 unspecified atom stereocenters. The van der Waals surface area contributed by atoms with Crippen LogP contribution >= 0.6 is 11.6 Å². The van der Waals surface area contributed by atoms with Gasteiger partial charge in [-0.25, -0.2) is 4.68 Å². The van der Waals surface area contributed by atoms with Crippen molar-refractivity contribution in [3.63, 3.8) is 0 Å². The molecule has 34 heavy (non-hydrogen) atoms. The first kappa shape index (κ1) is 22.7. The lowest BCUT2D eigenvalue weighted by molar-refractivity contribution is -0.138. The van der Waals surface area contributed by atoms with Crippen molar-refractivity contribution in [3.8, 4) is 17.1 Å². The minimum Gasteiger partial charge on any atom is -0.463 e. The zero-order chi connectivity index (χ0) is 23.7. The number of amides is 2. The quantitative estimate of drug-likeness (QED) is 0.532. The molecule has 0 radical (unpaired) electrons. The van der Waals surface area contributed by atoms with Crippen LogP contribution in [-0.2, 0) is 4.79 Å². The highest BCUT2D eigenvalue weighted by Gasteiger charge is 2.32. The van der Waals surface area contributed by atoms with E-state index in [-0.39, 0.29) is 17.7 Å².